The van der Waals surface area contributed by atoms with E-state index >= 15 is 0 Å². The maximum absolute atomic E-state index is 12.8. The van der Waals surface area contributed by atoms with Gasteiger partial charge in [0.05, 0.1) is 22.8 Å². The molecule has 122 valence electrons. The Bertz CT molecular complexity index is 556. The molecule has 1 aromatic rings. The molecule has 2 rings (SSSR count). The van der Waals surface area contributed by atoms with Gasteiger partial charge in [-0.3, -0.25) is 0 Å². The highest BCUT2D eigenvalue weighted by atomic mass is 35.5. The molecule has 4 nitrogen and oxygen atoms in total. The minimum Gasteiger partial charge on any atom is -0.372 e. The Labute approximate surface area is 131 Å². The molecule has 0 saturated carbocycles. The summed E-state index contributed by atoms with van der Waals surface area (Å²) in [6.45, 7) is 4.44. The van der Waals surface area contributed by atoms with Gasteiger partial charge in [-0.2, -0.15) is 13.2 Å². The average molecular weight is 337 g/mol. The number of amides is 2. The molecule has 0 aliphatic carbocycles. The predicted octanol–water partition coefficient (Wildman–Crippen LogP) is 4.00. The fraction of sp³-hybridized carbons (Fsp3) is 0.500. The van der Waals surface area contributed by atoms with Gasteiger partial charge in [0.25, 0.3) is 0 Å². The molecule has 0 spiro atoms. The first-order valence-electron chi connectivity index (χ1n) is 6.75. The minimum atomic E-state index is -4.57. The summed E-state index contributed by atoms with van der Waals surface area (Å²) < 4.78 is 43.9. The summed E-state index contributed by atoms with van der Waals surface area (Å²) in [5, 5.41) is 2.06. The quantitative estimate of drug-likeness (QED) is 0.842. The highest BCUT2D eigenvalue weighted by Gasteiger charge is 2.33. The van der Waals surface area contributed by atoms with E-state index in [2.05, 4.69) is 5.32 Å². The van der Waals surface area contributed by atoms with Crippen LogP contribution in [-0.2, 0) is 10.9 Å². The summed E-state index contributed by atoms with van der Waals surface area (Å²) in [5.41, 5.74) is -0.927. The molecule has 2 unspecified atom stereocenters. The number of anilines is 1. The highest BCUT2D eigenvalue weighted by Crippen LogP contribution is 2.36. The van der Waals surface area contributed by atoms with E-state index in [0.717, 1.165) is 12.1 Å². The summed E-state index contributed by atoms with van der Waals surface area (Å²) >= 11 is 5.54. The topological polar surface area (TPSA) is 41.6 Å². The van der Waals surface area contributed by atoms with E-state index in [4.69, 9.17) is 16.3 Å². The maximum atomic E-state index is 12.8. The van der Waals surface area contributed by atoms with Gasteiger partial charge < -0.3 is 15.0 Å². The Hall–Kier alpha value is -1.47. The molecule has 0 bridgehead atoms. The van der Waals surface area contributed by atoms with Crippen LogP contribution in [0.25, 0.3) is 0 Å². The van der Waals surface area contributed by atoms with Gasteiger partial charge in [-0.15, -0.1) is 0 Å². The lowest BCUT2D eigenvalue weighted by molar-refractivity contribution is -0.137. The van der Waals surface area contributed by atoms with Gasteiger partial charge in [0.15, 0.2) is 0 Å². The molecular weight excluding hydrogens is 321 g/mol. The number of benzene rings is 1. The lowest BCUT2D eigenvalue weighted by Crippen LogP contribution is -2.49. The predicted molar refractivity (Wildman–Crippen MR) is 77.1 cm³/mol. The van der Waals surface area contributed by atoms with Crippen LogP contribution in [0.15, 0.2) is 18.2 Å². The summed E-state index contributed by atoms with van der Waals surface area (Å²) in [6, 6.07) is 2.82. The number of hydrogen-bond donors (Lipinski definition) is 1. The Morgan fingerprint density at radius 3 is 2.45 bits per heavy atom. The van der Waals surface area contributed by atoms with Crippen LogP contribution in [0.3, 0.4) is 0 Å². The fourth-order valence-electron chi connectivity index (χ4n) is 2.37. The number of rotatable bonds is 1. The number of halogens is 4. The number of carbonyl (C=O) groups is 1. The summed E-state index contributed by atoms with van der Waals surface area (Å²) in [5.74, 6) is 0. The van der Waals surface area contributed by atoms with Gasteiger partial charge in [0, 0.05) is 18.8 Å². The van der Waals surface area contributed by atoms with E-state index in [-0.39, 0.29) is 17.9 Å². The molecule has 1 heterocycles. The Balaban J connectivity index is 2.12. The average Bonchev–Trinajstić information content (AvgIpc) is 2.38. The van der Waals surface area contributed by atoms with Crippen LogP contribution in [0.1, 0.15) is 19.4 Å². The molecule has 1 saturated heterocycles. The third-order valence-electron chi connectivity index (χ3n) is 3.23. The number of urea groups is 1. The van der Waals surface area contributed by atoms with E-state index in [9.17, 15) is 18.0 Å². The van der Waals surface area contributed by atoms with Crippen molar-refractivity contribution >= 4 is 23.3 Å². The van der Waals surface area contributed by atoms with Crippen molar-refractivity contribution in [3.8, 4) is 0 Å². The van der Waals surface area contributed by atoms with Crippen LogP contribution in [0.5, 0.6) is 0 Å². The number of nitrogens with one attached hydrogen (secondary N) is 1. The van der Waals surface area contributed by atoms with Crippen molar-refractivity contribution in [2.45, 2.75) is 32.2 Å². The van der Waals surface area contributed by atoms with Gasteiger partial charge in [-0.1, -0.05) is 11.6 Å². The first-order valence-corrected chi connectivity index (χ1v) is 7.12. The molecule has 0 aromatic heterocycles. The number of hydrogen-bond acceptors (Lipinski definition) is 2. The molecule has 0 radical (unpaired) electrons. The van der Waals surface area contributed by atoms with Crippen LogP contribution in [0, 0.1) is 0 Å². The molecule has 1 aliphatic heterocycles. The largest absolute Gasteiger partial charge is 0.417 e. The van der Waals surface area contributed by atoms with Crippen LogP contribution < -0.4 is 5.32 Å². The van der Waals surface area contributed by atoms with Crippen molar-refractivity contribution in [2.24, 2.45) is 0 Å². The van der Waals surface area contributed by atoms with Gasteiger partial charge in [-0.25, -0.2) is 4.79 Å². The van der Waals surface area contributed by atoms with Crippen LogP contribution in [0.2, 0.25) is 5.02 Å². The van der Waals surface area contributed by atoms with E-state index in [1.807, 2.05) is 13.8 Å². The lowest BCUT2D eigenvalue weighted by Gasteiger charge is -2.35. The summed E-state index contributed by atoms with van der Waals surface area (Å²) in [6.07, 6.45) is -4.81. The molecule has 1 aliphatic rings. The van der Waals surface area contributed by atoms with Crippen molar-refractivity contribution < 1.29 is 22.7 Å². The van der Waals surface area contributed by atoms with Crippen LogP contribution in [-0.4, -0.2) is 36.2 Å². The zero-order chi connectivity index (χ0) is 16.5. The first kappa shape index (κ1) is 16.9. The van der Waals surface area contributed by atoms with E-state index in [0.29, 0.717) is 13.1 Å². The van der Waals surface area contributed by atoms with Crippen LogP contribution in [0.4, 0.5) is 23.7 Å². The van der Waals surface area contributed by atoms with Gasteiger partial charge >= 0.3 is 12.2 Å². The maximum Gasteiger partial charge on any atom is 0.417 e. The molecule has 1 fully saturated rings. The monoisotopic (exact) mass is 336 g/mol. The van der Waals surface area contributed by atoms with Crippen LogP contribution >= 0.6 is 11.6 Å². The lowest BCUT2D eigenvalue weighted by atomic mass is 10.2. The smallest absolute Gasteiger partial charge is 0.372 e. The number of morpholine rings is 1. The van der Waals surface area contributed by atoms with Gasteiger partial charge in [-0.05, 0) is 32.0 Å². The molecule has 2 atom stereocenters. The first-order chi connectivity index (χ1) is 10.2. The standard InChI is InChI=1S/C14H16ClF3N2O2/c1-8-6-20(7-9(2)22-8)13(21)19-10-3-4-12(15)11(5-10)14(16,17)18/h3-5,8-9H,6-7H2,1-2H3,(H,19,21). The van der Waals surface area contributed by atoms with E-state index in [1.165, 1.54) is 11.0 Å². The molecule has 22 heavy (non-hydrogen) atoms. The van der Waals surface area contributed by atoms with Crippen molar-refractivity contribution in [2.75, 3.05) is 18.4 Å². The number of carbonyl (C=O) groups excluding carboxylic acids is 1. The SMILES string of the molecule is CC1CN(C(=O)Nc2ccc(Cl)c(C(F)(F)F)c2)CC(C)O1. The van der Waals surface area contributed by atoms with Crippen molar-refractivity contribution in [3.05, 3.63) is 28.8 Å². The van der Waals surface area contributed by atoms with Gasteiger partial charge in [0.2, 0.25) is 0 Å². The van der Waals surface area contributed by atoms with E-state index in [1.54, 1.807) is 0 Å². The summed E-state index contributed by atoms with van der Waals surface area (Å²) in [4.78, 5) is 13.7. The number of ether oxygens (including phenoxy) is 1. The molecule has 1 N–H and O–H groups in total. The minimum absolute atomic E-state index is 0.0496. The van der Waals surface area contributed by atoms with Crippen molar-refractivity contribution in [1.82, 2.24) is 4.90 Å². The van der Waals surface area contributed by atoms with Crippen molar-refractivity contribution in [1.29, 1.82) is 0 Å². The second-order valence-electron chi connectivity index (χ2n) is 5.28. The molecule has 2 amide bonds. The second kappa shape index (κ2) is 6.34. The normalized spacial score (nSPS) is 22.5. The Morgan fingerprint density at radius 1 is 1.32 bits per heavy atom. The molecule has 1 aromatic carbocycles. The Morgan fingerprint density at radius 2 is 1.91 bits per heavy atom. The van der Waals surface area contributed by atoms with Gasteiger partial charge in [0.1, 0.15) is 0 Å². The molecular formula is C14H16ClF3N2O2. The van der Waals surface area contributed by atoms with Crippen molar-refractivity contribution in [3.63, 3.8) is 0 Å². The molecule has 8 heteroatoms. The fourth-order valence-corrected chi connectivity index (χ4v) is 2.59. The zero-order valence-electron chi connectivity index (χ0n) is 12.1. The third kappa shape index (κ3) is 4.04. The number of nitrogens with zero attached hydrogens (tertiary/aromatic N) is 1. The zero-order valence-corrected chi connectivity index (χ0v) is 12.8. The number of alkyl halides is 3. The Kier molecular flexibility index (Phi) is 4.87. The highest BCUT2D eigenvalue weighted by molar-refractivity contribution is 6.31. The third-order valence-corrected chi connectivity index (χ3v) is 3.56. The summed E-state index contributed by atoms with van der Waals surface area (Å²) in [7, 11) is 0. The second-order valence-corrected chi connectivity index (χ2v) is 5.69. The van der Waals surface area contributed by atoms with E-state index < -0.39 is 22.8 Å².